The molecule has 2 aromatic carbocycles. The number of carbonyl (C=O) groups is 3. The summed E-state index contributed by atoms with van der Waals surface area (Å²) in [6, 6.07) is 9.28. The second-order valence-electron chi connectivity index (χ2n) is 6.26. The monoisotopic (exact) mass is 396 g/mol. The number of anilines is 1. The predicted octanol–water partition coefficient (Wildman–Crippen LogP) is 2.69. The van der Waals surface area contributed by atoms with Crippen molar-refractivity contribution in [2.24, 2.45) is 0 Å². The molecule has 3 rings (SSSR count). The number of carbonyl (C=O) groups excluding carboxylic acids is 3. The molecule has 150 valence electrons. The van der Waals surface area contributed by atoms with Gasteiger partial charge in [-0.25, -0.2) is 9.69 Å². The zero-order valence-corrected chi connectivity index (χ0v) is 16.4. The Kier molecular flexibility index (Phi) is 5.54. The molecule has 0 aliphatic carbocycles. The van der Waals surface area contributed by atoms with Gasteiger partial charge < -0.3 is 14.2 Å². The van der Waals surface area contributed by atoms with Crippen LogP contribution in [0.3, 0.4) is 0 Å². The van der Waals surface area contributed by atoms with Crippen LogP contribution >= 0.6 is 0 Å². The third kappa shape index (κ3) is 3.77. The number of benzene rings is 2. The smallest absolute Gasteiger partial charge is 0.335 e. The molecule has 1 N–H and O–H groups in total. The number of nitrogens with zero attached hydrogens (tertiary/aromatic N) is 1. The van der Waals surface area contributed by atoms with Gasteiger partial charge in [0, 0.05) is 0 Å². The zero-order valence-electron chi connectivity index (χ0n) is 16.4. The van der Waals surface area contributed by atoms with Crippen LogP contribution in [0.15, 0.2) is 42.0 Å². The van der Waals surface area contributed by atoms with E-state index in [9.17, 15) is 14.4 Å². The predicted molar refractivity (Wildman–Crippen MR) is 106 cm³/mol. The summed E-state index contributed by atoms with van der Waals surface area (Å²) in [5, 5.41) is 2.20. The van der Waals surface area contributed by atoms with E-state index in [2.05, 4.69) is 5.32 Å². The Bertz CT molecular complexity index is 1000. The first-order valence-corrected chi connectivity index (χ1v) is 8.67. The lowest BCUT2D eigenvalue weighted by molar-refractivity contribution is -0.122. The number of aryl methyl sites for hydroxylation is 1. The maximum atomic E-state index is 13.0. The molecule has 0 bridgehead atoms. The van der Waals surface area contributed by atoms with Crippen molar-refractivity contribution in [1.82, 2.24) is 5.32 Å². The van der Waals surface area contributed by atoms with Gasteiger partial charge in [0.1, 0.15) is 5.57 Å². The molecule has 0 atom stereocenters. The molecule has 0 spiro atoms. The molecule has 8 nitrogen and oxygen atoms in total. The summed E-state index contributed by atoms with van der Waals surface area (Å²) in [4.78, 5) is 38.6. The van der Waals surface area contributed by atoms with Crippen LogP contribution in [0, 0.1) is 6.92 Å². The second-order valence-corrected chi connectivity index (χ2v) is 6.26. The van der Waals surface area contributed by atoms with Crippen molar-refractivity contribution in [2.45, 2.75) is 6.92 Å². The number of ether oxygens (including phenoxy) is 3. The molecule has 0 radical (unpaired) electrons. The number of methoxy groups -OCH3 is 3. The standard InChI is InChI=1S/C21H20N2O6/c1-12-6-5-7-14(8-12)23-20(25)15(19(24)22-21(23)26)9-13-10-16(27-2)18(29-4)17(11-13)28-3/h5-11H,1-4H3,(H,22,24,26)/b15-9+. The van der Waals surface area contributed by atoms with Crippen molar-refractivity contribution in [3.05, 3.63) is 53.1 Å². The highest BCUT2D eigenvalue weighted by molar-refractivity contribution is 6.39. The highest BCUT2D eigenvalue weighted by atomic mass is 16.5. The molecule has 8 heteroatoms. The van der Waals surface area contributed by atoms with Gasteiger partial charge in [0.15, 0.2) is 11.5 Å². The van der Waals surface area contributed by atoms with E-state index in [0.29, 0.717) is 28.5 Å². The second kappa shape index (κ2) is 8.05. The van der Waals surface area contributed by atoms with Gasteiger partial charge in [-0.3, -0.25) is 14.9 Å². The number of hydrogen-bond donors (Lipinski definition) is 1. The van der Waals surface area contributed by atoms with Gasteiger partial charge >= 0.3 is 6.03 Å². The number of urea groups is 1. The van der Waals surface area contributed by atoms with Crippen LogP contribution in [0.2, 0.25) is 0 Å². The first-order chi connectivity index (χ1) is 13.9. The minimum atomic E-state index is -0.798. The Morgan fingerprint density at radius 1 is 0.931 bits per heavy atom. The third-order valence-corrected chi connectivity index (χ3v) is 4.36. The molecule has 4 amide bonds. The molecular weight excluding hydrogens is 376 g/mol. The lowest BCUT2D eigenvalue weighted by Gasteiger charge is -2.26. The minimum Gasteiger partial charge on any atom is -0.493 e. The molecular formula is C21H20N2O6. The fourth-order valence-corrected chi connectivity index (χ4v) is 3.01. The Balaban J connectivity index is 2.07. The van der Waals surface area contributed by atoms with Crippen LogP contribution in [-0.2, 0) is 9.59 Å². The van der Waals surface area contributed by atoms with Crippen molar-refractivity contribution < 1.29 is 28.6 Å². The molecule has 1 aliphatic heterocycles. The van der Waals surface area contributed by atoms with E-state index < -0.39 is 17.8 Å². The Hall–Kier alpha value is -3.81. The summed E-state index contributed by atoms with van der Waals surface area (Å²) >= 11 is 0. The van der Waals surface area contributed by atoms with Gasteiger partial charge in [0.25, 0.3) is 11.8 Å². The number of barbiturate groups is 1. The number of amides is 4. The summed E-state index contributed by atoms with van der Waals surface area (Å²) in [6.45, 7) is 1.84. The Labute approximate surface area is 167 Å². The summed E-state index contributed by atoms with van der Waals surface area (Å²) in [5.41, 5.74) is 1.52. The molecule has 0 aromatic heterocycles. The van der Waals surface area contributed by atoms with E-state index in [1.807, 2.05) is 13.0 Å². The fourth-order valence-electron chi connectivity index (χ4n) is 3.01. The van der Waals surface area contributed by atoms with Crippen molar-refractivity contribution in [3.63, 3.8) is 0 Å². The van der Waals surface area contributed by atoms with E-state index in [1.54, 1.807) is 30.3 Å². The summed E-state index contributed by atoms with van der Waals surface area (Å²) in [7, 11) is 4.40. The van der Waals surface area contributed by atoms with Crippen LogP contribution in [0.1, 0.15) is 11.1 Å². The molecule has 29 heavy (non-hydrogen) atoms. The normalized spacial score (nSPS) is 15.4. The number of imide groups is 2. The fraction of sp³-hybridized carbons (Fsp3) is 0.190. The maximum absolute atomic E-state index is 13.0. The van der Waals surface area contributed by atoms with Crippen LogP contribution in [0.25, 0.3) is 6.08 Å². The molecule has 0 unspecified atom stereocenters. The van der Waals surface area contributed by atoms with E-state index in [4.69, 9.17) is 14.2 Å². The van der Waals surface area contributed by atoms with Crippen molar-refractivity contribution in [2.75, 3.05) is 26.2 Å². The minimum absolute atomic E-state index is 0.194. The van der Waals surface area contributed by atoms with E-state index >= 15 is 0 Å². The number of nitrogens with one attached hydrogen (secondary N) is 1. The summed E-state index contributed by atoms with van der Waals surface area (Å²) in [5.74, 6) is -0.383. The molecule has 1 saturated heterocycles. The van der Waals surface area contributed by atoms with Gasteiger partial charge in [-0.15, -0.1) is 0 Å². The highest BCUT2D eigenvalue weighted by Gasteiger charge is 2.36. The largest absolute Gasteiger partial charge is 0.493 e. The number of rotatable bonds is 5. The van der Waals surface area contributed by atoms with Gasteiger partial charge in [-0.1, -0.05) is 12.1 Å². The van der Waals surface area contributed by atoms with Gasteiger partial charge in [-0.05, 0) is 48.4 Å². The summed E-state index contributed by atoms with van der Waals surface area (Å²) in [6.07, 6.45) is 1.37. The Morgan fingerprint density at radius 3 is 2.14 bits per heavy atom. The first-order valence-electron chi connectivity index (χ1n) is 8.67. The quantitative estimate of drug-likeness (QED) is 0.617. The van der Waals surface area contributed by atoms with Crippen LogP contribution < -0.4 is 24.4 Å². The average molecular weight is 396 g/mol. The third-order valence-electron chi connectivity index (χ3n) is 4.36. The zero-order chi connectivity index (χ0) is 21.1. The van der Waals surface area contributed by atoms with E-state index in [0.717, 1.165) is 10.5 Å². The Morgan fingerprint density at radius 2 is 1.59 bits per heavy atom. The van der Waals surface area contributed by atoms with Crippen molar-refractivity contribution in [3.8, 4) is 17.2 Å². The van der Waals surface area contributed by atoms with Crippen LogP contribution in [-0.4, -0.2) is 39.2 Å². The lowest BCUT2D eigenvalue weighted by atomic mass is 10.1. The van der Waals surface area contributed by atoms with Crippen molar-refractivity contribution in [1.29, 1.82) is 0 Å². The lowest BCUT2D eigenvalue weighted by Crippen LogP contribution is -2.54. The molecule has 1 aliphatic rings. The highest BCUT2D eigenvalue weighted by Crippen LogP contribution is 2.39. The molecule has 0 saturated carbocycles. The molecule has 1 heterocycles. The topological polar surface area (TPSA) is 94.2 Å². The SMILES string of the molecule is COc1cc(/C=C2\C(=O)NC(=O)N(c3cccc(C)c3)C2=O)cc(OC)c1OC. The van der Waals surface area contributed by atoms with Crippen LogP contribution in [0.5, 0.6) is 17.2 Å². The van der Waals surface area contributed by atoms with E-state index in [1.165, 1.54) is 27.4 Å². The molecule has 2 aromatic rings. The van der Waals surface area contributed by atoms with Gasteiger partial charge in [0.2, 0.25) is 5.75 Å². The number of hydrogen-bond acceptors (Lipinski definition) is 6. The van der Waals surface area contributed by atoms with E-state index in [-0.39, 0.29) is 5.57 Å². The molecule has 1 fully saturated rings. The van der Waals surface area contributed by atoms with Gasteiger partial charge in [-0.2, -0.15) is 0 Å². The first kappa shape index (κ1) is 19.9. The van der Waals surface area contributed by atoms with Crippen LogP contribution in [0.4, 0.5) is 10.5 Å². The summed E-state index contributed by atoms with van der Waals surface area (Å²) < 4.78 is 15.9. The maximum Gasteiger partial charge on any atom is 0.335 e. The van der Waals surface area contributed by atoms with Crippen molar-refractivity contribution >= 4 is 29.6 Å². The average Bonchev–Trinajstić information content (AvgIpc) is 2.70. The van der Waals surface area contributed by atoms with Gasteiger partial charge in [0.05, 0.1) is 27.0 Å².